The number of nitrogens with one attached hydrogen (secondary N) is 1. The van der Waals surface area contributed by atoms with Crippen molar-refractivity contribution >= 4 is 29.9 Å². The minimum Gasteiger partial charge on any atom is -0.466 e. The zero-order chi connectivity index (χ0) is 19.9. The van der Waals surface area contributed by atoms with Gasteiger partial charge in [-0.25, -0.2) is 4.98 Å². The van der Waals surface area contributed by atoms with Crippen LogP contribution in [0.5, 0.6) is 0 Å². The van der Waals surface area contributed by atoms with E-state index in [1.165, 1.54) is 0 Å². The maximum absolute atomic E-state index is 11.8. The molecule has 144 valence electrons. The molecule has 2 N–H and O–H groups in total. The Morgan fingerprint density at radius 2 is 2.19 bits per heavy atom. The maximum atomic E-state index is 11.8. The summed E-state index contributed by atoms with van der Waals surface area (Å²) >= 11 is 0. The molecule has 27 heavy (non-hydrogen) atoms. The van der Waals surface area contributed by atoms with Crippen molar-refractivity contribution in [3.63, 3.8) is 0 Å². The van der Waals surface area contributed by atoms with Gasteiger partial charge in [-0.2, -0.15) is 0 Å². The first-order valence-corrected chi connectivity index (χ1v) is 8.79. The van der Waals surface area contributed by atoms with Crippen LogP contribution < -0.4 is 10.2 Å². The number of carbonyl (C=O) groups is 1. The molecule has 0 spiro atoms. The van der Waals surface area contributed by atoms with Gasteiger partial charge in [0.25, 0.3) is 0 Å². The van der Waals surface area contributed by atoms with Crippen LogP contribution in [0.15, 0.2) is 47.6 Å². The molecule has 0 radical (unpaired) electrons. The number of pyridine rings is 1. The fourth-order valence-electron chi connectivity index (χ4n) is 2.83. The number of hydrogen-bond donors (Lipinski definition) is 2. The molecule has 0 amide bonds. The standard InChI is InChI=1S/C20H26N4O3/c1-5-27-19(25)11-13-24(18-8-6-7-12-23-18)20(2,26)15-9-10-16(21-3)17(14-15)22-4/h6-10,12,14,21,26H,4-5,11,13H2,1-3H3. The summed E-state index contributed by atoms with van der Waals surface area (Å²) in [7, 11) is 1.79. The topological polar surface area (TPSA) is 87.1 Å². The summed E-state index contributed by atoms with van der Waals surface area (Å²) in [4.78, 5) is 21.9. The van der Waals surface area contributed by atoms with Gasteiger partial charge in [-0.3, -0.25) is 9.79 Å². The van der Waals surface area contributed by atoms with Gasteiger partial charge < -0.3 is 20.1 Å². The number of esters is 1. The van der Waals surface area contributed by atoms with Crippen LogP contribution in [0.2, 0.25) is 0 Å². The highest BCUT2D eigenvalue weighted by atomic mass is 16.5. The van der Waals surface area contributed by atoms with Gasteiger partial charge in [-0.15, -0.1) is 0 Å². The smallest absolute Gasteiger partial charge is 0.307 e. The largest absolute Gasteiger partial charge is 0.466 e. The summed E-state index contributed by atoms with van der Waals surface area (Å²) in [5.74, 6) is 0.228. The van der Waals surface area contributed by atoms with Gasteiger partial charge in [0, 0.05) is 25.4 Å². The van der Waals surface area contributed by atoms with E-state index in [0.29, 0.717) is 23.7 Å². The summed E-state index contributed by atoms with van der Waals surface area (Å²) in [6, 6.07) is 10.8. The lowest BCUT2D eigenvalue weighted by Gasteiger charge is -2.38. The molecule has 0 aliphatic rings. The number of hydrogen-bond acceptors (Lipinski definition) is 7. The van der Waals surface area contributed by atoms with Crippen LogP contribution in [0.4, 0.5) is 17.2 Å². The minimum atomic E-state index is -1.42. The molecular formula is C20H26N4O3. The van der Waals surface area contributed by atoms with Gasteiger partial charge in [0.05, 0.1) is 24.4 Å². The first-order chi connectivity index (χ1) is 12.9. The highest BCUT2D eigenvalue weighted by Gasteiger charge is 2.33. The Morgan fingerprint density at radius 1 is 1.41 bits per heavy atom. The van der Waals surface area contributed by atoms with Crippen molar-refractivity contribution < 1.29 is 14.6 Å². The Hall–Kier alpha value is -2.93. The van der Waals surface area contributed by atoms with E-state index in [-0.39, 0.29) is 18.9 Å². The van der Waals surface area contributed by atoms with Gasteiger partial charge in [0.1, 0.15) is 5.82 Å². The molecule has 7 heteroatoms. The fraction of sp³-hybridized carbons (Fsp3) is 0.350. The number of carbonyl (C=O) groups excluding carboxylic acids is 1. The van der Waals surface area contributed by atoms with Crippen LogP contribution in [0.3, 0.4) is 0 Å². The molecule has 0 bridgehead atoms. The lowest BCUT2D eigenvalue weighted by Crippen LogP contribution is -2.45. The van der Waals surface area contributed by atoms with Crippen LogP contribution in [0.25, 0.3) is 0 Å². The van der Waals surface area contributed by atoms with Crippen molar-refractivity contribution in [1.29, 1.82) is 0 Å². The second-order valence-electron chi connectivity index (χ2n) is 6.06. The first-order valence-electron chi connectivity index (χ1n) is 8.79. The number of benzene rings is 1. The molecule has 2 rings (SSSR count). The summed E-state index contributed by atoms with van der Waals surface area (Å²) in [6.45, 7) is 7.57. The fourth-order valence-corrected chi connectivity index (χ4v) is 2.83. The Labute approximate surface area is 159 Å². The summed E-state index contributed by atoms with van der Waals surface area (Å²) < 4.78 is 5.01. The SMILES string of the molecule is C=Nc1cc(C(C)(O)N(CCC(=O)OCC)c2ccccn2)ccc1NC. The van der Waals surface area contributed by atoms with E-state index in [1.54, 1.807) is 56.3 Å². The predicted molar refractivity (Wildman–Crippen MR) is 108 cm³/mol. The second kappa shape index (κ2) is 9.14. The summed E-state index contributed by atoms with van der Waals surface area (Å²) in [5.41, 5.74) is 0.618. The molecule has 2 aromatic rings. The van der Waals surface area contributed by atoms with Crippen molar-refractivity contribution in [1.82, 2.24) is 4.98 Å². The summed E-state index contributed by atoms with van der Waals surface area (Å²) in [6.07, 6.45) is 1.77. The molecule has 1 unspecified atom stereocenters. The van der Waals surface area contributed by atoms with Crippen molar-refractivity contribution in [2.24, 2.45) is 4.99 Å². The molecule has 1 heterocycles. The van der Waals surface area contributed by atoms with Crippen LogP contribution in [-0.4, -0.2) is 43.0 Å². The van der Waals surface area contributed by atoms with Gasteiger partial charge in [0.15, 0.2) is 5.72 Å². The number of aromatic nitrogens is 1. The molecule has 0 fully saturated rings. The molecule has 1 aromatic carbocycles. The zero-order valence-electron chi connectivity index (χ0n) is 16.0. The average molecular weight is 370 g/mol. The van der Waals surface area contributed by atoms with Crippen LogP contribution in [-0.2, 0) is 15.3 Å². The predicted octanol–water partition coefficient (Wildman–Crippen LogP) is 3.08. The lowest BCUT2D eigenvalue weighted by molar-refractivity contribution is -0.143. The molecule has 1 aromatic heterocycles. The molecule has 7 nitrogen and oxygen atoms in total. The lowest BCUT2D eigenvalue weighted by atomic mass is 10.0. The molecular weight excluding hydrogens is 344 g/mol. The van der Waals surface area contributed by atoms with E-state index in [0.717, 1.165) is 5.69 Å². The highest BCUT2D eigenvalue weighted by molar-refractivity contribution is 5.71. The van der Waals surface area contributed by atoms with Gasteiger partial charge in [-0.1, -0.05) is 12.1 Å². The van der Waals surface area contributed by atoms with Crippen LogP contribution >= 0.6 is 0 Å². The van der Waals surface area contributed by atoms with E-state index in [9.17, 15) is 9.90 Å². The van der Waals surface area contributed by atoms with Crippen LogP contribution in [0.1, 0.15) is 25.8 Å². The van der Waals surface area contributed by atoms with Crippen molar-refractivity contribution in [2.75, 3.05) is 30.4 Å². The van der Waals surface area contributed by atoms with E-state index in [1.807, 2.05) is 12.1 Å². The third-order valence-electron chi connectivity index (χ3n) is 4.28. The quantitative estimate of drug-likeness (QED) is 0.401. The Bertz CT molecular complexity index is 778. The molecule has 1 atom stereocenters. The van der Waals surface area contributed by atoms with Crippen LogP contribution in [0, 0.1) is 0 Å². The molecule has 0 aliphatic heterocycles. The number of aliphatic hydroxyl groups is 1. The monoisotopic (exact) mass is 370 g/mol. The number of nitrogens with zero attached hydrogens (tertiary/aromatic N) is 3. The zero-order valence-corrected chi connectivity index (χ0v) is 16.0. The Morgan fingerprint density at radius 3 is 2.78 bits per heavy atom. The van der Waals surface area contributed by atoms with Crippen molar-refractivity contribution in [3.05, 3.63) is 48.2 Å². The van der Waals surface area contributed by atoms with E-state index in [4.69, 9.17) is 4.74 Å². The van der Waals surface area contributed by atoms with E-state index < -0.39 is 5.72 Å². The molecule has 0 aliphatic carbocycles. The minimum absolute atomic E-state index is 0.127. The van der Waals surface area contributed by atoms with Gasteiger partial charge >= 0.3 is 5.97 Å². The molecule has 0 saturated carbocycles. The Balaban J connectivity index is 2.40. The highest BCUT2D eigenvalue weighted by Crippen LogP contribution is 2.34. The second-order valence-corrected chi connectivity index (χ2v) is 6.06. The van der Waals surface area contributed by atoms with Crippen molar-refractivity contribution in [3.8, 4) is 0 Å². The maximum Gasteiger partial charge on any atom is 0.307 e. The average Bonchev–Trinajstić information content (AvgIpc) is 2.68. The van der Waals surface area contributed by atoms with Gasteiger partial charge in [0.2, 0.25) is 0 Å². The number of aliphatic imine (C=N–C) groups is 1. The van der Waals surface area contributed by atoms with E-state index in [2.05, 4.69) is 22.0 Å². The summed E-state index contributed by atoms with van der Waals surface area (Å²) in [5, 5.41) is 14.4. The third-order valence-corrected chi connectivity index (χ3v) is 4.28. The van der Waals surface area contributed by atoms with Gasteiger partial charge in [-0.05, 0) is 44.8 Å². The number of anilines is 2. The van der Waals surface area contributed by atoms with Crippen molar-refractivity contribution in [2.45, 2.75) is 26.0 Å². The number of rotatable bonds is 9. The molecule has 0 saturated heterocycles. The third kappa shape index (κ3) is 4.83. The number of ether oxygens (including phenoxy) is 1. The first kappa shape index (κ1) is 20.4. The normalized spacial score (nSPS) is 12.7. The Kier molecular flexibility index (Phi) is 6.90. The van der Waals surface area contributed by atoms with E-state index >= 15 is 0 Å².